The number of hydrogen-bond donors (Lipinski definition) is 1. The lowest BCUT2D eigenvalue weighted by atomic mass is 9.76. The van der Waals surface area contributed by atoms with E-state index in [0.717, 1.165) is 23.0 Å². The summed E-state index contributed by atoms with van der Waals surface area (Å²) >= 11 is 3.47. The molecule has 1 aliphatic rings. The number of halogens is 1. The van der Waals surface area contributed by atoms with Gasteiger partial charge in [0.25, 0.3) is 0 Å². The average Bonchev–Trinajstić information content (AvgIpc) is 2.44. The van der Waals surface area contributed by atoms with Gasteiger partial charge in [-0.15, -0.1) is 0 Å². The zero-order valence-corrected chi connectivity index (χ0v) is 12.9. The van der Waals surface area contributed by atoms with Crippen molar-refractivity contribution in [3.8, 4) is 5.88 Å². The van der Waals surface area contributed by atoms with Crippen molar-refractivity contribution in [2.45, 2.75) is 24.8 Å². The van der Waals surface area contributed by atoms with Crippen LogP contribution >= 0.6 is 15.9 Å². The summed E-state index contributed by atoms with van der Waals surface area (Å²) in [6.07, 6.45) is 4.05. The number of pyridine rings is 1. The molecule has 0 aliphatic heterocycles. The van der Waals surface area contributed by atoms with Crippen LogP contribution in [-0.2, 0) is 0 Å². The molecule has 0 bridgehead atoms. The van der Waals surface area contributed by atoms with Crippen LogP contribution in [0.25, 0.3) is 0 Å². The first kappa shape index (κ1) is 13.4. The molecule has 1 N–H and O–H groups in total. The van der Waals surface area contributed by atoms with Crippen LogP contribution in [0.2, 0.25) is 0 Å². The second kappa shape index (κ2) is 5.83. The van der Waals surface area contributed by atoms with Crippen LogP contribution in [0.5, 0.6) is 5.88 Å². The van der Waals surface area contributed by atoms with Gasteiger partial charge in [0.1, 0.15) is 0 Å². The summed E-state index contributed by atoms with van der Waals surface area (Å²) < 4.78 is 6.40. The Morgan fingerprint density at radius 1 is 1.20 bits per heavy atom. The Morgan fingerprint density at radius 2 is 1.95 bits per heavy atom. The highest BCUT2D eigenvalue weighted by Crippen LogP contribution is 2.39. The quantitative estimate of drug-likeness (QED) is 0.910. The molecule has 1 aromatic carbocycles. The Morgan fingerprint density at radius 3 is 2.65 bits per heavy atom. The fraction of sp³-hybridized carbons (Fsp3) is 0.312. The van der Waals surface area contributed by atoms with Crippen molar-refractivity contribution < 1.29 is 4.74 Å². The van der Waals surface area contributed by atoms with Gasteiger partial charge in [-0.2, -0.15) is 0 Å². The molecule has 3 rings (SSSR count). The van der Waals surface area contributed by atoms with Crippen LogP contribution < -0.4 is 10.1 Å². The predicted octanol–water partition coefficient (Wildman–Crippen LogP) is 4.21. The predicted molar refractivity (Wildman–Crippen MR) is 84.3 cm³/mol. The zero-order valence-electron chi connectivity index (χ0n) is 11.3. The van der Waals surface area contributed by atoms with Crippen molar-refractivity contribution in [1.29, 1.82) is 0 Å². The monoisotopic (exact) mass is 332 g/mol. The summed E-state index contributed by atoms with van der Waals surface area (Å²) in [5.41, 5.74) is 2.40. The van der Waals surface area contributed by atoms with E-state index in [1.165, 1.54) is 5.56 Å². The normalized spacial score (nSPS) is 21.1. The van der Waals surface area contributed by atoms with Crippen LogP contribution in [0.15, 0.2) is 47.1 Å². The third kappa shape index (κ3) is 2.80. The summed E-state index contributed by atoms with van der Waals surface area (Å²) in [6.45, 7) is 0. The first-order chi connectivity index (χ1) is 9.76. The number of rotatable bonds is 4. The first-order valence-corrected chi connectivity index (χ1v) is 7.56. The van der Waals surface area contributed by atoms with Crippen LogP contribution in [-0.4, -0.2) is 18.1 Å². The lowest BCUT2D eigenvalue weighted by Gasteiger charge is -2.37. The fourth-order valence-corrected chi connectivity index (χ4v) is 2.89. The lowest BCUT2D eigenvalue weighted by Crippen LogP contribution is -2.34. The van der Waals surface area contributed by atoms with Gasteiger partial charge in [-0.25, -0.2) is 4.98 Å². The van der Waals surface area contributed by atoms with Gasteiger partial charge in [0, 0.05) is 16.7 Å². The topological polar surface area (TPSA) is 34.1 Å². The standard InChI is InChI=1S/C16H17BrN2O/c1-20-16-15(3-2-8-18-16)19-14-9-12(10-14)11-4-6-13(17)7-5-11/h2-8,12,14,19H,9-10H2,1H3. The maximum atomic E-state index is 5.26. The SMILES string of the molecule is COc1ncccc1NC1CC(c2ccc(Br)cc2)C1. The minimum absolute atomic E-state index is 0.502. The molecule has 1 fully saturated rings. The van der Waals surface area contributed by atoms with Crippen LogP contribution in [0.1, 0.15) is 24.3 Å². The van der Waals surface area contributed by atoms with Crippen molar-refractivity contribution in [1.82, 2.24) is 4.98 Å². The number of anilines is 1. The molecule has 0 unspecified atom stereocenters. The Kier molecular flexibility index (Phi) is 3.92. The molecule has 0 radical (unpaired) electrons. The van der Waals surface area contributed by atoms with Crippen molar-refractivity contribution in [3.05, 3.63) is 52.6 Å². The summed E-state index contributed by atoms with van der Waals surface area (Å²) in [7, 11) is 1.65. The smallest absolute Gasteiger partial charge is 0.237 e. The molecule has 1 heterocycles. The largest absolute Gasteiger partial charge is 0.480 e. The molecule has 104 valence electrons. The summed E-state index contributed by atoms with van der Waals surface area (Å²) in [6, 6.07) is 13.1. The Balaban J connectivity index is 1.59. The van der Waals surface area contributed by atoms with E-state index in [2.05, 4.69) is 50.5 Å². The second-order valence-corrected chi connectivity index (χ2v) is 6.04. The fourth-order valence-electron chi connectivity index (χ4n) is 2.63. The number of nitrogens with zero attached hydrogens (tertiary/aromatic N) is 1. The van der Waals surface area contributed by atoms with Crippen LogP contribution in [0, 0.1) is 0 Å². The van der Waals surface area contributed by atoms with Gasteiger partial charge < -0.3 is 10.1 Å². The van der Waals surface area contributed by atoms with E-state index in [1.54, 1.807) is 13.3 Å². The summed E-state index contributed by atoms with van der Waals surface area (Å²) in [5, 5.41) is 3.51. The first-order valence-electron chi connectivity index (χ1n) is 6.77. The molecule has 1 aliphatic carbocycles. The second-order valence-electron chi connectivity index (χ2n) is 5.12. The van der Waals surface area contributed by atoms with Gasteiger partial charge >= 0.3 is 0 Å². The Labute approximate surface area is 127 Å². The minimum Gasteiger partial charge on any atom is -0.480 e. The van der Waals surface area contributed by atoms with E-state index in [4.69, 9.17) is 4.74 Å². The van der Waals surface area contributed by atoms with Gasteiger partial charge in [-0.1, -0.05) is 28.1 Å². The third-order valence-corrected chi connectivity index (χ3v) is 4.33. The van der Waals surface area contributed by atoms with Crippen molar-refractivity contribution >= 4 is 21.6 Å². The third-order valence-electron chi connectivity index (χ3n) is 3.80. The maximum Gasteiger partial charge on any atom is 0.237 e. The maximum absolute atomic E-state index is 5.26. The van der Waals surface area contributed by atoms with E-state index in [1.807, 2.05) is 12.1 Å². The average molecular weight is 333 g/mol. The van der Waals surface area contributed by atoms with Gasteiger partial charge in [0.05, 0.1) is 12.8 Å². The zero-order chi connectivity index (χ0) is 13.9. The van der Waals surface area contributed by atoms with Gasteiger partial charge in [-0.05, 0) is 48.6 Å². The molecule has 0 spiro atoms. The molecular weight excluding hydrogens is 316 g/mol. The number of nitrogens with one attached hydrogen (secondary N) is 1. The molecule has 2 aromatic rings. The van der Waals surface area contributed by atoms with E-state index >= 15 is 0 Å². The van der Waals surface area contributed by atoms with Gasteiger partial charge in [-0.3, -0.25) is 0 Å². The number of benzene rings is 1. The van der Waals surface area contributed by atoms with E-state index in [-0.39, 0.29) is 0 Å². The number of aromatic nitrogens is 1. The minimum atomic E-state index is 0.502. The molecule has 1 aromatic heterocycles. The number of ether oxygens (including phenoxy) is 1. The van der Waals surface area contributed by atoms with Crippen LogP contribution in [0.4, 0.5) is 5.69 Å². The highest BCUT2D eigenvalue weighted by molar-refractivity contribution is 9.10. The van der Waals surface area contributed by atoms with Crippen molar-refractivity contribution in [2.75, 3.05) is 12.4 Å². The van der Waals surface area contributed by atoms with Gasteiger partial charge in [0.15, 0.2) is 0 Å². The number of hydrogen-bond acceptors (Lipinski definition) is 3. The molecule has 0 saturated heterocycles. The van der Waals surface area contributed by atoms with E-state index < -0.39 is 0 Å². The lowest BCUT2D eigenvalue weighted by molar-refractivity contribution is 0.367. The summed E-state index contributed by atoms with van der Waals surface area (Å²) in [4.78, 5) is 4.21. The van der Waals surface area contributed by atoms with E-state index in [9.17, 15) is 0 Å². The highest BCUT2D eigenvalue weighted by Gasteiger charge is 2.30. The summed E-state index contributed by atoms with van der Waals surface area (Å²) in [5.74, 6) is 1.32. The van der Waals surface area contributed by atoms with E-state index in [0.29, 0.717) is 17.8 Å². The molecule has 4 heteroatoms. The Hall–Kier alpha value is -1.55. The van der Waals surface area contributed by atoms with Crippen molar-refractivity contribution in [3.63, 3.8) is 0 Å². The van der Waals surface area contributed by atoms with Crippen molar-refractivity contribution in [2.24, 2.45) is 0 Å². The Bertz CT molecular complexity index is 579. The molecule has 1 saturated carbocycles. The molecule has 3 nitrogen and oxygen atoms in total. The highest BCUT2D eigenvalue weighted by atomic mass is 79.9. The van der Waals surface area contributed by atoms with Crippen LogP contribution in [0.3, 0.4) is 0 Å². The molecular formula is C16H17BrN2O. The number of methoxy groups -OCH3 is 1. The van der Waals surface area contributed by atoms with Gasteiger partial charge in [0.2, 0.25) is 5.88 Å². The molecule has 0 atom stereocenters. The molecule has 20 heavy (non-hydrogen) atoms. The molecule has 0 amide bonds.